The number of fused-ring (bicyclic) bond motifs is 1. The van der Waals surface area contributed by atoms with E-state index in [1.165, 1.54) is 29.8 Å². The van der Waals surface area contributed by atoms with Gasteiger partial charge < -0.3 is 0 Å². The number of halogens is 3. The Labute approximate surface area is 179 Å². The molecule has 4 aromatic rings. The average molecular weight is 415 g/mol. The number of hydrogen-bond acceptors (Lipinski definition) is 1. The Balaban J connectivity index is 1.71. The van der Waals surface area contributed by atoms with Crippen molar-refractivity contribution in [1.82, 2.24) is 0 Å². The number of unbranched alkanes of at least 4 members (excludes halogenated alkanes) is 1. The van der Waals surface area contributed by atoms with Crippen molar-refractivity contribution >= 4 is 10.8 Å². The molecule has 0 spiro atoms. The molecule has 0 aromatic heterocycles. The molecule has 0 aliphatic carbocycles. The van der Waals surface area contributed by atoms with Gasteiger partial charge in [0.2, 0.25) is 0 Å². The zero-order chi connectivity index (χ0) is 22.0. The predicted octanol–water partition coefficient (Wildman–Crippen LogP) is 7.81. The summed E-state index contributed by atoms with van der Waals surface area (Å²) in [7, 11) is 0. The van der Waals surface area contributed by atoms with Gasteiger partial charge in [0.1, 0.15) is 23.5 Å². The average Bonchev–Trinajstić information content (AvgIpc) is 2.77. The number of rotatable bonds is 5. The van der Waals surface area contributed by atoms with Crippen molar-refractivity contribution in [3.8, 4) is 28.3 Å². The highest BCUT2D eigenvalue weighted by atomic mass is 19.1. The molecular formula is C27H20F3N. The topological polar surface area (TPSA) is 23.8 Å². The summed E-state index contributed by atoms with van der Waals surface area (Å²) in [6, 6.07) is 19.3. The summed E-state index contributed by atoms with van der Waals surface area (Å²) in [5, 5.41) is 10.2. The van der Waals surface area contributed by atoms with Gasteiger partial charge in [-0.05, 0) is 53.1 Å². The Bertz CT molecular complexity index is 1320. The lowest BCUT2D eigenvalue weighted by molar-refractivity contribution is 0.622. The third-order valence-corrected chi connectivity index (χ3v) is 5.52. The molecule has 0 fully saturated rings. The summed E-state index contributed by atoms with van der Waals surface area (Å²) in [5.74, 6) is -1.69. The lowest BCUT2D eigenvalue weighted by Gasteiger charge is -2.11. The molecule has 0 N–H and O–H groups in total. The maximum absolute atomic E-state index is 15.2. The Morgan fingerprint density at radius 3 is 2.19 bits per heavy atom. The highest BCUT2D eigenvalue weighted by Gasteiger charge is 2.14. The highest BCUT2D eigenvalue weighted by molar-refractivity contribution is 5.89. The second-order valence-electron chi connectivity index (χ2n) is 7.59. The van der Waals surface area contributed by atoms with Crippen molar-refractivity contribution in [3.63, 3.8) is 0 Å². The fraction of sp³-hybridized carbons (Fsp3) is 0.148. The van der Waals surface area contributed by atoms with Crippen molar-refractivity contribution in [2.24, 2.45) is 0 Å². The van der Waals surface area contributed by atoms with Crippen LogP contribution < -0.4 is 0 Å². The van der Waals surface area contributed by atoms with E-state index < -0.39 is 17.5 Å². The molecule has 0 heterocycles. The van der Waals surface area contributed by atoms with Crippen molar-refractivity contribution in [1.29, 1.82) is 5.26 Å². The predicted molar refractivity (Wildman–Crippen MR) is 118 cm³/mol. The van der Waals surface area contributed by atoms with E-state index in [-0.39, 0.29) is 11.1 Å². The summed E-state index contributed by atoms with van der Waals surface area (Å²) in [6.07, 6.45) is 3.14. The van der Waals surface area contributed by atoms with E-state index in [9.17, 15) is 8.78 Å². The van der Waals surface area contributed by atoms with Gasteiger partial charge in [0.15, 0.2) is 0 Å². The number of benzene rings is 4. The van der Waals surface area contributed by atoms with Crippen molar-refractivity contribution in [3.05, 3.63) is 95.3 Å². The first-order valence-electron chi connectivity index (χ1n) is 10.2. The minimum absolute atomic E-state index is 0.100. The molecule has 0 atom stereocenters. The minimum Gasteiger partial charge on any atom is -0.206 e. The molecule has 31 heavy (non-hydrogen) atoms. The van der Waals surface area contributed by atoms with Crippen molar-refractivity contribution in [2.45, 2.75) is 26.2 Å². The van der Waals surface area contributed by atoms with E-state index in [1.54, 1.807) is 24.3 Å². The molecule has 154 valence electrons. The van der Waals surface area contributed by atoms with Gasteiger partial charge in [0.05, 0.1) is 5.56 Å². The van der Waals surface area contributed by atoms with Gasteiger partial charge in [0.25, 0.3) is 0 Å². The SMILES string of the molecule is CCCCc1ccc2c(F)c(-c3ccc(-c4ccc(C#N)c(F)c4)c(F)c3)ccc2c1. The third-order valence-electron chi connectivity index (χ3n) is 5.52. The van der Waals surface area contributed by atoms with Crippen molar-refractivity contribution in [2.75, 3.05) is 0 Å². The molecule has 0 saturated carbocycles. The van der Waals surface area contributed by atoms with Crippen LogP contribution in [-0.2, 0) is 6.42 Å². The van der Waals surface area contributed by atoms with Crippen molar-refractivity contribution < 1.29 is 13.2 Å². The highest BCUT2D eigenvalue weighted by Crippen LogP contribution is 2.33. The molecule has 4 rings (SSSR count). The first kappa shape index (κ1) is 20.7. The molecule has 0 saturated heterocycles. The smallest absolute Gasteiger partial charge is 0.141 e. The monoisotopic (exact) mass is 415 g/mol. The molecule has 1 nitrogen and oxygen atoms in total. The van der Waals surface area contributed by atoms with E-state index in [2.05, 4.69) is 6.92 Å². The molecule has 0 unspecified atom stereocenters. The summed E-state index contributed by atoms with van der Waals surface area (Å²) >= 11 is 0. The fourth-order valence-corrected chi connectivity index (χ4v) is 3.79. The Morgan fingerprint density at radius 1 is 0.774 bits per heavy atom. The van der Waals surface area contributed by atoms with Gasteiger partial charge in [0, 0.05) is 16.5 Å². The zero-order valence-corrected chi connectivity index (χ0v) is 17.1. The van der Waals surface area contributed by atoms with Crippen LogP contribution in [0.25, 0.3) is 33.0 Å². The second kappa shape index (κ2) is 8.65. The largest absolute Gasteiger partial charge is 0.206 e. The van der Waals surface area contributed by atoms with Crippen LogP contribution in [0.4, 0.5) is 13.2 Å². The van der Waals surface area contributed by atoms with Crippen LogP contribution in [0.5, 0.6) is 0 Å². The standard InChI is InChI=1S/C27H20F3N/c1-2-3-4-17-5-10-23-18(13-17)9-12-24(27(23)30)20-8-11-22(26(29)15-20)19-6-7-21(16-31)25(28)14-19/h5-15H,2-4H2,1H3. The van der Waals surface area contributed by atoms with E-state index in [4.69, 9.17) is 5.26 Å². The first-order chi connectivity index (χ1) is 15.0. The van der Waals surface area contributed by atoms with Crippen LogP contribution >= 0.6 is 0 Å². The van der Waals surface area contributed by atoms with E-state index in [0.717, 1.165) is 30.7 Å². The molecule has 4 heteroatoms. The van der Waals surface area contributed by atoms with Crippen LogP contribution in [0.3, 0.4) is 0 Å². The van der Waals surface area contributed by atoms with Crippen LogP contribution in [0, 0.1) is 28.8 Å². The number of nitriles is 1. The number of aryl methyl sites for hydroxylation is 1. The molecule has 0 aliphatic rings. The lowest BCUT2D eigenvalue weighted by Crippen LogP contribution is -1.92. The molecule has 0 radical (unpaired) electrons. The maximum Gasteiger partial charge on any atom is 0.141 e. The normalized spacial score (nSPS) is 10.9. The summed E-state index contributed by atoms with van der Waals surface area (Å²) in [4.78, 5) is 0. The summed E-state index contributed by atoms with van der Waals surface area (Å²) in [6.45, 7) is 2.13. The third kappa shape index (κ3) is 4.04. The fourth-order valence-electron chi connectivity index (χ4n) is 3.79. The Kier molecular flexibility index (Phi) is 5.77. The van der Waals surface area contributed by atoms with Crippen LogP contribution in [0.1, 0.15) is 30.9 Å². The Morgan fingerprint density at radius 2 is 1.48 bits per heavy atom. The lowest BCUT2D eigenvalue weighted by atomic mass is 9.95. The quantitative estimate of drug-likeness (QED) is 0.326. The number of hydrogen-bond donors (Lipinski definition) is 0. The minimum atomic E-state index is -0.706. The van der Waals surface area contributed by atoms with E-state index >= 15 is 4.39 Å². The van der Waals surface area contributed by atoms with Crippen LogP contribution in [0.2, 0.25) is 0 Å². The molecule has 0 aliphatic heterocycles. The first-order valence-corrected chi connectivity index (χ1v) is 10.2. The van der Waals surface area contributed by atoms with E-state index in [0.29, 0.717) is 22.1 Å². The number of nitrogens with zero attached hydrogens (tertiary/aromatic N) is 1. The molecule has 0 bridgehead atoms. The molecule has 4 aromatic carbocycles. The summed E-state index contributed by atoms with van der Waals surface area (Å²) < 4.78 is 44.0. The van der Waals surface area contributed by atoms with Gasteiger partial charge in [-0.1, -0.05) is 61.9 Å². The van der Waals surface area contributed by atoms with E-state index in [1.807, 2.05) is 18.2 Å². The molecular weight excluding hydrogens is 395 g/mol. The van der Waals surface area contributed by atoms with Crippen LogP contribution in [0.15, 0.2) is 66.7 Å². The second-order valence-corrected chi connectivity index (χ2v) is 7.59. The van der Waals surface area contributed by atoms with Gasteiger partial charge in [-0.3, -0.25) is 0 Å². The Hall–Kier alpha value is -3.58. The van der Waals surface area contributed by atoms with Crippen LogP contribution in [-0.4, -0.2) is 0 Å². The van der Waals surface area contributed by atoms with Gasteiger partial charge in [-0.25, -0.2) is 13.2 Å². The van der Waals surface area contributed by atoms with Gasteiger partial charge >= 0.3 is 0 Å². The van der Waals surface area contributed by atoms with Gasteiger partial charge in [-0.15, -0.1) is 0 Å². The zero-order valence-electron chi connectivity index (χ0n) is 17.1. The summed E-state index contributed by atoms with van der Waals surface area (Å²) in [5.41, 5.74) is 2.30. The molecule has 0 amide bonds. The maximum atomic E-state index is 15.2. The van der Waals surface area contributed by atoms with Gasteiger partial charge in [-0.2, -0.15) is 5.26 Å².